The van der Waals surface area contributed by atoms with Gasteiger partial charge in [0.15, 0.2) is 11.6 Å². The molecule has 1 aliphatic rings. The first kappa shape index (κ1) is 19.4. The number of rotatable bonds is 3. The van der Waals surface area contributed by atoms with Gasteiger partial charge in [0.2, 0.25) is 5.82 Å². The molecule has 152 valence electrons. The molecule has 0 radical (unpaired) electrons. The number of nitrogens with zero attached hydrogens (tertiary/aromatic N) is 4. The van der Waals surface area contributed by atoms with Crippen LogP contribution in [-0.4, -0.2) is 46.5 Å². The maximum atomic E-state index is 14.2. The molecule has 0 aliphatic carbocycles. The predicted molar refractivity (Wildman–Crippen MR) is 107 cm³/mol. The van der Waals surface area contributed by atoms with Gasteiger partial charge in [0.25, 0.3) is 11.8 Å². The molecule has 8 nitrogen and oxygen atoms in total. The predicted octanol–water partition coefficient (Wildman–Crippen LogP) is 2.14. The third-order valence-corrected chi connectivity index (χ3v) is 4.71. The molecule has 0 saturated carbocycles. The summed E-state index contributed by atoms with van der Waals surface area (Å²) in [5.41, 5.74) is 1.19. The second-order valence-corrected chi connectivity index (χ2v) is 6.76. The molecule has 4 rings (SSSR count). The lowest BCUT2D eigenvalue weighted by molar-refractivity contribution is -0.120. The Hall–Kier alpha value is -3.88. The van der Waals surface area contributed by atoms with Crippen LogP contribution in [0.5, 0.6) is 5.75 Å². The van der Waals surface area contributed by atoms with Gasteiger partial charge in [-0.2, -0.15) is 0 Å². The number of fused-ring (bicyclic) bond motifs is 1. The van der Waals surface area contributed by atoms with Crippen LogP contribution in [0.4, 0.5) is 10.2 Å². The zero-order valence-electron chi connectivity index (χ0n) is 16.3. The first-order valence-electron chi connectivity index (χ1n) is 9.20. The van der Waals surface area contributed by atoms with Crippen molar-refractivity contribution in [1.82, 2.24) is 20.3 Å². The van der Waals surface area contributed by atoms with Gasteiger partial charge in [0.05, 0.1) is 5.69 Å². The van der Waals surface area contributed by atoms with E-state index in [0.717, 1.165) is 0 Å². The molecule has 0 unspecified atom stereocenters. The Labute approximate surface area is 171 Å². The number of nitrogens with one attached hydrogen (secondary N) is 1. The smallest absolute Gasteiger partial charge is 0.289 e. The number of pyridine rings is 1. The molecule has 0 fully saturated rings. The molecule has 9 heteroatoms. The molecule has 2 aromatic heterocycles. The minimum Gasteiger partial charge on any atom is -0.487 e. The minimum absolute atomic E-state index is 0.0698. The summed E-state index contributed by atoms with van der Waals surface area (Å²) in [7, 11) is 1.56. The van der Waals surface area contributed by atoms with Crippen molar-refractivity contribution in [2.24, 2.45) is 0 Å². The van der Waals surface area contributed by atoms with E-state index in [2.05, 4.69) is 20.3 Å². The van der Waals surface area contributed by atoms with Crippen LogP contribution in [0.15, 0.2) is 48.8 Å². The van der Waals surface area contributed by atoms with Gasteiger partial charge in [-0.15, -0.1) is 0 Å². The van der Waals surface area contributed by atoms with E-state index in [1.54, 1.807) is 50.5 Å². The molecule has 0 bridgehead atoms. The van der Waals surface area contributed by atoms with E-state index in [0.29, 0.717) is 22.8 Å². The van der Waals surface area contributed by atoms with Gasteiger partial charge in [-0.3, -0.25) is 14.5 Å². The van der Waals surface area contributed by atoms with Crippen LogP contribution in [0.2, 0.25) is 0 Å². The number of likely N-dealkylation sites (N-methyl/N-ethyl adjacent to an activating group) is 1. The van der Waals surface area contributed by atoms with Crippen molar-refractivity contribution in [1.29, 1.82) is 0 Å². The molecule has 1 N–H and O–H groups in total. The molecular weight excluding hydrogens is 389 g/mol. The maximum absolute atomic E-state index is 14.2. The summed E-state index contributed by atoms with van der Waals surface area (Å²) in [6.07, 6.45) is 3.00. The minimum atomic E-state index is -0.960. The highest BCUT2D eigenvalue weighted by atomic mass is 19.1. The van der Waals surface area contributed by atoms with Crippen LogP contribution in [0, 0.1) is 12.7 Å². The zero-order valence-corrected chi connectivity index (χ0v) is 16.3. The Balaban J connectivity index is 1.58. The number of amides is 2. The van der Waals surface area contributed by atoms with Crippen molar-refractivity contribution in [3.63, 3.8) is 0 Å². The average Bonchev–Trinajstić information content (AvgIpc) is 2.87. The van der Waals surface area contributed by atoms with Crippen molar-refractivity contribution >= 4 is 17.6 Å². The largest absolute Gasteiger partial charge is 0.487 e. The number of carbonyl (C=O) groups is 2. The molecule has 1 aliphatic heterocycles. The summed E-state index contributed by atoms with van der Waals surface area (Å²) in [4.78, 5) is 39.3. The Morgan fingerprint density at radius 1 is 1.23 bits per heavy atom. The number of carbonyl (C=O) groups excluding carboxylic acids is 2. The fourth-order valence-corrected chi connectivity index (χ4v) is 3.13. The maximum Gasteiger partial charge on any atom is 0.289 e. The number of aromatic nitrogens is 3. The zero-order chi connectivity index (χ0) is 21.3. The van der Waals surface area contributed by atoms with Crippen molar-refractivity contribution in [3.05, 3.63) is 66.0 Å². The monoisotopic (exact) mass is 407 g/mol. The van der Waals surface area contributed by atoms with Crippen LogP contribution in [0.3, 0.4) is 0 Å². The summed E-state index contributed by atoms with van der Waals surface area (Å²) in [5.74, 6) is -0.866. The SMILES string of the molecule is Cc1cnc(C(=O)N[C@H]2COc3cccnc3N(C)C2=O)nc1-c1ccccc1F. The van der Waals surface area contributed by atoms with Gasteiger partial charge in [-0.25, -0.2) is 19.3 Å². The second kappa shape index (κ2) is 7.86. The van der Waals surface area contributed by atoms with Crippen molar-refractivity contribution in [2.45, 2.75) is 13.0 Å². The Kier molecular flexibility index (Phi) is 5.09. The summed E-state index contributed by atoms with van der Waals surface area (Å²) in [6.45, 7) is 1.66. The first-order chi connectivity index (χ1) is 14.5. The molecule has 3 aromatic rings. The summed E-state index contributed by atoms with van der Waals surface area (Å²) >= 11 is 0. The van der Waals surface area contributed by atoms with Gasteiger partial charge in [0, 0.05) is 25.0 Å². The number of hydrogen-bond donors (Lipinski definition) is 1. The lowest BCUT2D eigenvalue weighted by atomic mass is 10.1. The molecule has 0 saturated heterocycles. The van der Waals surface area contributed by atoms with E-state index in [1.165, 1.54) is 17.2 Å². The van der Waals surface area contributed by atoms with Gasteiger partial charge < -0.3 is 10.1 Å². The molecule has 1 aromatic carbocycles. The number of benzene rings is 1. The van der Waals surface area contributed by atoms with Crippen LogP contribution in [-0.2, 0) is 4.79 Å². The normalized spacial score (nSPS) is 15.8. The lowest BCUT2D eigenvalue weighted by Crippen LogP contribution is -2.49. The molecule has 0 spiro atoms. The number of ether oxygens (including phenoxy) is 1. The average molecular weight is 407 g/mol. The van der Waals surface area contributed by atoms with Gasteiger partial charge in [0.1, 0.15) is 18.5 Å². The van der Waals surface area contributed by atoms with Gasteiger partial charge in [-0.1, -0.05) is 12.1 Å². The van der Waals surface area contributed by atoms with Crippen LogP contribution in [0.25, 0.3) is 11.3 Å². The highest BCUT2D eigenvalue weighted by molar-refractivity contribution is 6.01. The van der Waals surface area contributed by atoms with Crippen LogP contribution in [0.1, 0.15) is 16.2 Å². The summed E-state index contributed by atoms with van der Waals surface area (Å²) < 4.78 is 19.8. The first-order valence-corrected chi connectivity index (χ1v) is 9.20. The number of aryl methyl sites for hydroxylation is 1. The van der Waals surface area contributed by atoms with Gasteiger partial charge >= 0.3 is 0 Å². The fraction of sp³-hybridized carbons (Fsp3) is 0.190. The van der Waals surface area contributed by atoms with E-state index in [9.17, 15) is 14.0 Å². The molecule has 1 atom stereocenters. The van der Waals surface area contributed by atoms with Crippen molar-refractivity contribution in [2.75, 3.05) is 18.6 Å². The third-order valence-electron chi connectivity index (χ3n) is 4.71. The molecule has 30 heavy (non-hydrogen) atoms. The van der Waals surface area contributed by atoms with Gasteiger partial charge in [-0.05, 0) is 36.8 Å². The van der Waals surface area contributed by atoms with E-state index < -0.39 is 17.8 Å². The van der Waals surface area contributed by atoms with Crippen molar-refractivity contribution < 1.29 is 18.7 Å². The number of hydrogen-bond acceptors (Lipinski definition) is 6. The molecular formula is C21H18FN5O3. The Bertz CT molecular complexity index is 1140. The quantitative estimate of drug-likeness (QED) is 0.715. The van der Waals surface area contributed by atoms with E-state index in [-0.39, 0.29) is 23.9 Å². The van der Waals surface area contributed by atoms with Crippen molar-refractivity contribution in [3.8, 4) is 17.0 Å². The Morgan fingerprint density at radius 2 is 2.03 bits per heavy atom. The van der Waals surface area contributed by atoms with E-state index in [4.69, 9.17) is 4.74 Å². The fourth-order valence-electron chi connectivity index (χ4n) is 3.13. The second-order valence-electron chi connectivity index (χ2n) is 6.76. The number of halogens is 1. The molecule has 3 heterocycles. The topological polar surface area (TPSA) is 97.3 Å². The number of anilines is 1. The summed E-state index contributed by atoms with van der Waals surface area (Å²) in [5, 5.41) is 2.60. The highest BCUT2D eigenvalue weighted by Crippen LogP contribution is 2.27. The van der Waals surface area contributed by atoms with E-state index >= 15 is 0 Å². The Morgan fingerprint density at radius 3 is 2.83 bits per heavy atom. The van der Waals surface area contributed by atoms with Crippen LogP contribution >= 0.6 is 0 Å². The standard InChI is InChI=1S/C21H18FN5O3/c1-12-10-24-18(26-17(12)13-6-3-4-7-14(13)22)20(28)25-15-11-30-16-8-5-9-23-19(16)27(2)21(15)29/h3-10,15H,11H2,1-2H3,(H,25,28)/t15-/m0/s1. The highest BCUT2D eigenvalue weighted by Gasteiger charge is 2.32. The van der Waals surface area contributed by atoms with E-state index in [1.807, 2.05) is 0 Å². The molecule has 2 amide bonds. The summed E-state index contributed by atoms with van der Waals surface area (Å²) in [6, 6.07) is 8.58. The van der Waals surface area contributed by atoms with Crippen LogP contribution < -0.4 is 15.0 Å². The third kappa shape index (κ3) is 3.57. The lowest BCUT2D eigenvalue weighted by Gasteiger charge is -2.19.